The molecule has 0 radical (unpaired) electrons. The van der Waals surface area contributed by atoms with Crippen LogP contribution in [0.4, 0.5) is 0 Å². The number of aliphatic imine (C=N–C) groups is 1. The second kappa shape index (κ2) is 6.78. The average Bonchev–Trinajstić information content (AvgIpc) is 2.39. The third-order valence-corrected chi connectivity index (χ3v) is 2.62. The zero-order valence-electron chi connectivity index (χ0n) is 11.0. The first kappa shape index (κ1) is 13.4. The van der Waals surface area contributed by atoms with Crippen molar-refractivity contribution in [3.63, 3.8) is 0 Å². The second-order valence-electron chi connectivity index (χ2n) is 3.73. The first-order valence-electron chi connectivity index (χ1n) is 5.90. The molecule has 0 heterocycles. The molecule has 0 atom stereocenters. The van der Waals surface area contributed by atoms with Crippen LogP contribution >= 0.6 is 0 Å². The van der Waals surface area contributed by atoms with Gasteiger partial charge in [0, 0.05) is 12.6 Å². The maximum Gasteiger partial charge on any atom is 0.149 e. The predicted octanol–water partition coefficient (Wildman–Crippen LogP) is 2.77. The standard InChI is InChI=1S/C13H20N4/c1-5-10-7-11(6-2)9-12(8-10)13(14-3)16-17-15-4/h7-9H,5-6H2,1-4H3,(H,14,15,16). The van der Waals surface area contributed by atoms with Crippen LogP contribution in [0.3, 0.4) is 0 Å². The van der Waals surface area contributed by atoms with Gasteiger partial charge >= 0.3 is 0 Å². The van der Waals surface area contributed by atoms with E-state index in [1.807, 2.05) is 0 Å². The minimum atomic E-state index is 0.751. The van der Waals surface area contributed by atoms with Crippen molar-refractivity contribution in [2.24, 2.45) is 15.3 Å². The summed E-state index contributed by atoms with van der Waals surface area (Å²) in [7, 11) is 3.37. The predicted molar refractivity (Wildman–Crippen MR) is 71.6 cm³/mol. The van der Waals surface area contributed by atoms with Gasteiger partial charge in [0.25, 0.3) is 0 Å². The van der Waals surface area contributed by atoms with Gasteiger partial charge in [0.05, 0.1) is 7.05 Å². The van der Waals surface area contributed by atoms with E-state index in [2.05, 4.69) is 52.8 Å². The van der Waals surface area contributed by atoms with E-state index in [0.29, 0.717) is 0 Å². The summed E-state index contributed by atoms with van der Waals surface area (Å²) in [6.45, 7) is 4.31. The van der Waals surface area contributed by atoms with Gasteiger partial charge in [0.15, 0.2) is 0 Å². The molecule has 0 aliphatic heterocycles. The van der Waals surface area contributed by atoms with Gasteiger partial charge in [-0.3, -0.25) is 4.99 Å². The lowest BCUT2D eigenvalue weighted by atomic mass is 10.0. The summed E-state index contributed by atoms with van der Waals surface area (Å²) in [5, 5.41) is 7.44. The fourth-order valence-electron chi connectivity index (χ4n) is 1.65. The summed E-state index contributed by atoms with van der Waals surface area (Å²) in [5.74, 6) is 0.751. The Morgan fingerprint density at radius 2 is 1.65 bits per heavy atom. The van der Waals surface area contributed by atoms with Crippen molar-refractivity contribution >= 4 is 5.84 Å². The number of amidine groups is 1. The number of benzene rings is 1. The summed E-state index contributed by atoms with van der Waals surface area (Å²) in [4.78, 5) is 4.20. The molecule has 0 spiro atoms. The Hall–Kier alpha value is -1.71. The Morgan fingerprint density at radius 3 is 2.06 bits per heavy atom. The third-order valence-electron chi connectivity index (χ3n) is 2.62. The Morgan fingerprint density at radius 1 is 1.06 bits per heavy atom. The lowest BCUT2D eigenvalue weighted by molar-refractivity contribution is 0.889. The molecule has 1 aromatic rings. The Labute approximate surface area is 103 Å². The van der Waals surface area contributed by atoms with E-state index in [9.17, 15) is 0 Å². The number of hydrogen-bond acceptors (Lipinski definition) is 3. The molecule has 0 fully saturated rings. The maximum absolute atomic E-state index is 4.20. The molecule has 4 nitrogen and oxygen atoms in total. The van der Waals surface area contributed by atoms with Gasteiger partial charge in [0.1, 0.15) is 5.84 Å². The van der Waals surface area contributed by atoms with E-state index in [-0.39, 0.29) is 0 Å². The highest BCUT2D eigenvalue weighted by molar-refractivity contribution is 5.98. The van der Waals surface area contributed by atoms with Gasteiger partial charge in [-0.1, -0.05) is 25.1 Å². The molecule has 0 aromatic heterocycles. The molecule has 0 aliphatic rings. The van der Waals surface area contributed by atoms with Crippen molar-refractivity contribution in [3.8, 4) is 0 Å². The van der Waals surface area contributed by atoms with Gasteiger partial charge in [-0.2, -0.15) is 5.11 Å². The smallest absolute Gasteiger partial charge is 0.149 e. The van der Waals surface area contributed by atoms with Crippen molar-refractivity contribution in [1.82, 2.24) is 5.43 Å². The lowest BCUT2D eigenvalue weighted by Crippen LogP contribution is -2.18. The molecule has 0 saturated heterocycles. The Kier molecular flexibility index (Phi) is 5.33. The van der Waals surface area contributed by atoms with Crippen molar-refractivity contribution in [2.75, 3.05) is 14.1 Å². The molecule has 1 rings (SSSR count). The van der Waals surface area contributed by atoms with Crippen molar-refractivity contribution in [1.29, 1.82) is 0 Å². The van der Waals surface area contributed by atoms with Crippen LogP contribution in [0.1, 0.15) is 30.5 Å². The number of nitrogens with one attached hydrogen (secondary N) is 1. The molecular formula is C13H20N4. The molecule has 0 unspecified atom stereocenters. The summed E-state index contributed by atoms with van der Waals surface area (Å²) < 4.78 is 0. The van der Waals surface area contributed by atoms with Crippen molar-refractivity contribution in [3.05, 3.63) is 34.9 Å². The zero-order valence-corrected chi connectivity index (χ0v) is 11.0. The molecule has 1 aromatic carbocycles. The van der Waals surface area contributed by atoms with Gasteiger partial charge in [0.2, 0.25) is 0 Å². The van der Waals surface area contributed by atoms with Gasteiger partial charge in [-0.15, -0.1) is 0 Å². The van der Waals surface area contributed by atoms with E-state index in [4.69, 9.17) is 0 Å². The Balaban J connectivity index is 3.10. The van der Waals surface area contributed by atoms with Crippen LogP contribution < -0.4 is 5.43 Å². The normalized spacial score (nSPS) is 12.1. The van der Waals surface area contributed by atoms with Crippen molar-refractivity contribution < 1.29 is 0 Å². The first-order valence-corrected chi connectivity index (χ1v) is 5.90. The van der Waals surface area contributed by atoms with Crippen LogP contribution in [0.2, 0.25) is 0 Å². The molecule has 92 valence electrons. The largest absolute Gasteiger partial charge is 0.270 e. The van der Waals surface area contributed by atoms with E-state index < -0.39 is 0 Å². The molecule has 0 saturated carbocycles. The van der Waals surface area contributed by atoms with E-state index in [1.165, 1.54) is 11.1 Å². The lowest BCUT2D eigenvalue weighted by Gasteiger charge is -2.09. The van der Waals surface area contributed by atoms with Crippen LogP contribution in [0.25, 0.3) is 0 Å². The van der Waals surface area contributed by atoms with Crippen LogP contribution in [-0.4, -0.2) is 19.9 Å². The first-order chi connectivity index (χ1) is 8.24. The van der Waals surface area contributed by atoms with E-state index in [1.54, 1.807) is 14.1 Å². The minimum Gasteiger partial charge on any atom is -0.270 e. The number of aryl methyl sites for hydroxylation is 2. The topological polar surface area (TPSA) is 49.1 Å². The summed E-state index contributed by atoms with van der Waals surface area (Å²) in [5.41, 5.74) is 6.54. The van der Waals surface area contributed by atoms with Crippen molar-refractivity contribution in [2.45, 2.75) is 26.7 Å². The molecule has 1 N–H and O–H groups in total. The SMILES string of the molecule is CCc1cc(CC)cc(C(=NC)NN=NC)c1. The maximum atomic E-state index is 4.20. The second-order valence-corrected chi connectivity index (χ2v) is 3.73. The van der Waals surface area contributed by atoms with Gasteiger partial charge in [-0.05, 0) is 36.1 Å². The third kappa shape index (κ3) is 3.66. The zero-order chi connectivity index (χ0) is 12.7. The number of nitrogens with zero attached hydrogens (tertiary/aromatic N) is 3. The average molecular weight is 232 g/mol. The minimum absolute atomic E-state index is 0.751. The van der Waals surface area contributed by atoms with E-state index in [0.717, 1.165) is 24.2 Å². The number of rotatable bonds is 4. The summed E-state index contributed by atoms with van der Waals surface area (Å²) in [6, 6.07) is 6.51. The highest BCUT2D eigenvalue weighted by Gasteiger charge is 2.05. The molecule has 4 heteroatoms. The fraction of sp³-hybridized carbons (Fsp3) is 0.462. The molecule has 0 aliphatic carbocycles. The monoisotopic (exact) mass is 232 g/mol. The Bertz CT molecular complexity index is 399. The van der Waals surface area contributed by atoms with Crippen LogP contribution in [0, 0.1) is 0 Å². The summed E-state index contributed by atoms with van der Waals surface area (Å²) >= 11 is 0. The summed E-state index contributed by atoms with van der Waals surface area (Å²) in [6.07, 6.45) is 2.04. The van der Waals surface area contributed by atoms with Gasteiger partial charge in [-0.25, -0.2) is 5.43 Å². The van der Waals surface area contributed by atoms with Crippen LogP contribution in [-0.2, 0) is 12.8 Å². The quantitative estimate of drug-likeness (QED) is 0.369. The van der Waals surface area contributed by atoms with E-state index >= 15 is 0 Å². The fourth-order valence-corrected chi connectivity index (χ4v) is 1.65. The highest BCUT2D eigenvalue weighted by atomic mass is 15.4. The molecular weight excluding hydrogens is 212 g/mol. The molecule has 0 bridgehead atoms. The van der Waals surface area contributed by atoms with Crippen LogP contribution in [0.15, 0.2) is 33.5 Å². The molecule has 0 amide bonds. The van der Waals surface area contributed by atoms with Crippen LogP contribution in [0.5, 0.6) is 0 Å². The molecule has 17 heavy (non-hydrogen) atoms. The van der Waals surface area contributed by atoms with Gasteiger partial charge < -0.3 is 0 Å². The highest BCUT2D eigenvalue weighted by Crippen LogP contribution is 2.12. The number of hydrogen-bond donors (Lipinski definition) is 1.